The number of Topliss-reactive ketones (excluding diaryl/α,β-unsaturated/α-hetero) is 1. The Bertz CT molecular complexity index is 1290. The molecule has 0 saturated carbocycles. The van der Waals surface area contributed by atoms with E-state index in [4.69, 9.17) is 27.9 Å². The number of rotatable bonds is 9. The summed E-state index contributed by atoms with van der Waals surface area (Å²) in [6.45, 7) is 2.91. The van der Waals surface area contributed by atoms with Crippen molar-refractivity contribution in [3.8, 4) is 5.75 Å². The topological polar surface area (TPSA) is 66.8 Å². The summed E-state index contributed by atoms with van der Waals surface area (Å²) in [5, 5.41) is 12.0. The summed E-state index contributed by atoms with van der Waals surface area (Å²) in [7, 11) is 0. The SMILES string of the molecule is CCCCOc1cccc(/C(O)=C2\C(=O)C(=O)N(CCc3ccccc3)C2c2ccc(Cl)c(Cl)c2)c1. The predicted octanol–water partition coefficient (Wildman–Crippen LogP) is 6.84. The van der Waals surface area contributed by atoms with Crippen LogP contribution in [0.3, 0.4) is 0 Å². The van der Waals surface area contributed by atoms with E-state index in [1.807, 2.05) is 30.3 Å². The second-order valence-corrected chi connectivity index (χ2v) is 9.45. The molecule has 36 heavy (non-hydrogen) atoms. The second kappa shape index (κ2) is 11.6. The molecule has 186 valence electrons. The molecule has 1 saturated heterocycles. The summed E-state index contributed by atoms with van der Waals surface area (Å²) in [6.07, 6.45) is 2.45. The highest BCUT2D eigenvalue weighted by Crippen LogP contribution is 2.41. The summed E-state index contributed by atoms with van der Waals surface area (Å²) >= 11 is 12.4. The van der Waals surface area contributed by atoms with Gasteiger partial charge in [-0.1, -0.05) is 85.1 Å². The Morgan fingerprint density at radius 3 is 2.47 bits per heavy atom. The van der Waals surface area contributed by atoms with Crippen molar-refractivity contribution in [2.24, 2.45) is 0 Å². The van der Waals surface area contributed by atoms with Crippen molar-refractivity contribution in [2.45, 2.75) is 32.2 Å². The minimum atomic E-state index is -0.812. The van der Waals surface area contributed by atoms with Gasteiger partial charge in [-0.15, -0.1) is 0 Å². The van der Waals surface area contributed by atoms with Crippen LogP contribution in [0.1, 0.15) is 42.5 Å². The number of likely N-dealkylation sites (tertiary alicyclic amines) is 1. The number of carbonyl (C=O) groups is 2. The molecule has 1 fully saturated rings. The van der Waals surface area contributed by atoms with Gasteiger partial charge < -0.3 is 14.7 Å². The predicted molar refractivity (Wildman–Crippen MR) is 142 cm³/mol. The first kappa shape index (κ1) is 25.8. The van der Waals surface area contributed by atoms with E-state index in [1.165, 1.54) is 4.90 Å². The molecule has 3 aromatic carbocycles. The molecule has 1 atom stereocenters. The van der Waals surface area contributed by atoms with E-state index in [2.05, 4.69) is 6.92 Å². The lowest BCUT2D eigenvalue weighted by atomic mass is 9.95. The summed E-state index contributed by atoms with van der Waals surface area (Å²) < 4.78 is 5.77. The highest BCUT2D eigenvalue weighted by molar-refractivity contribution is 6.46. The summed E-state index contributed by atoms with van der Waals surface area (Å²) in [4.78, 5) is 28.0. The molecule has 0 aliphatic carbocycles. The lowest BCUT2D eigenvalue weighted by Gasteiger charge is -2.25. The lowest BCUT2D eigenvalue weighted by molar-refractivity contribution is -0.139. The molecule has 4 rings (SSSR count). The molecule has 0 radical (unpaired) electrons. The standard InChI is InChI=1S/C29H27Cl2NO4/c1-2-3-16-36-22-11-7-10-21(17-22)27(33)25-26(20-12-13-23(30)24(31)18-20)32(29(35)28(25)34)15-14-19-8-5-4-6-9-19/h4-13,17-18,26,33H,2-3,14-16H2,1H3/b27-25+. The quantitative estimate of drug-likeness (QED) is 0.144. The van der Waals surface area contributed by atoms with Crippen LogP contribution in [-0.2, 0) is 16.0 Å². The molecule has 5 nitrogen and oxygen atoms in total. The molecule has 1 amide bonds. The molecule has 7 heteroatoms. The van der Waals surface area contributed by atoms with Gasteiger partial charge in [0.2, 0.25) is 0 Å². The Kier molecular flexibility index (Phi) is 8.34. The van der Waals surface area contributed by atoms with Crippen molar-refractivity contribution in [2.75, 3.05) is 13.2 Å². The number of aliphatic hydroxyl groups is 1. The minimum Gasteiger partial charge on any atom is -0.507 e. The average Bonchev–Trinajstić information content (AvgIpc) is 3.14. The van der Waals surface area contributed by atoms with E-state index in [9.17, 15) is 14.7 Å². The van der Waals surface area contributed by atoms with Crippen molar-refractivity contribution in [3.05, 3.63) is 105 Å². The summed E-state index contributed by atoms with van der Waals surface area (Å²) in [6, 6.07) is 20.8. The van der Waals surface area contributed by atoms with Crippen LogP contribution in [0, 0.1) is 0 Å². The van der Waals surface area contributed by atoms with Gasteiger partial charge in [0, 0.05) is 12.1 Å². The van der Waals surface area contributed by atoms with Crippen molar-refractivity contribution >= 4 is 40.7 Å². The van der Waals surface area contributed by atoms with Crippen LogP contribution >= 0.6 is 23.2 Å². The normalized spacial score (nSPS) is 17.0. The van der Waals surface area contributed by atoms with Gasteiger partial charge in [-0.05, 0) is 48.2 Å². The maximum atomic E-state index is 13.3. The molecule has 0 aromatic heterocycles. The smallest absolute Gasteiger partial charge is 0.295 e. The van der Waals surface area contributed by atoms with Gasteiger partial charge in [-0.3, -0.25) is 9.59 Å². The number of ketones is 1. The van der Waals surface area contributed by atoms with Crippen LogP contribution in [0.4, 0.5) is 0 Å². The van der Waals surface area contributed by atoms with Crippen molar-refractivity contribution < 1.29 is 19.4 Å². The molecule has 1 N–H and O–H groups in total. The van der Waals surface area contributed by atoms with Crippen LogP contribution in [-0.4, -0.2) is 34.8 Å². The van der Waals surface area contributed by atoms with Crippen LogP contribution in [0.15, 0.2) is 78.4 Å². The van der Waals surface area contributed by atoms with Crippen LogP contribution in [0.25, 0.3) is 5.76 Å². The fourth-order valence-electron chi connectivity index (χ4n) is 4.26. The number of hydrogen-bond donors (Lipinski definition) is 1. The van der Waals surface area contributed by atoms with E-state index in [0.29, 0.717) is 39.9 Å². The Hall–Kier alpha value is -3.28. The Balaban J connectivity index is 1.75. The number of halogens is 2. The lowest BCUT2D eigenvalue weighted by Crippen LogP contribution is -2.31. The van der Waals surface area contributed by atoms with Crippen LogP contribution in [0.2, 0.25) is 10.0 Å². The highest BCUT2D eigenvalue weighted by atomic mass is 35.5. The monoisotopic (exact) mass is 523 g/mol. The number of amides is 1. The van der Waals surface area contributed by atoms with Crippen molar-refractivity contribution in [3.63, 3.8) is 0 Å². The Morgan fingerprint density at radius 1 is 0.972 bits per heavy atom. The Morgan fingerprint density at radius 2 is 1.75 bits per heavy atom. The maximum absolute atomic E-state index is 13.3. The highest BCUT2D eigenvalue weighted by Gasteiger charge is 2.46. The molecule has 0 bridgehead atoms. The number of nitrogens with zero attached hydrogens (tertiary/aromatic N) is 1. The first-order valence-corrected chi connectivity index (χ1v) is 12.7. The minimum absolute atomic E-state index is 0.0113. The van der Waals surface area contributed by atoms with E-state index >= 15 is 0 Å². The number of ether oxygens (including phenoxy) is 1. The molecule has 3 aromatic rings. The summed E-state index contributed by atoms with van der Waals surface area (Å²) in [5.74, 6) is -1.09. The van der Waals surface area contributed by atoms with Crippen LogP contribution in [0.5, 0.6) is 5.75 Å². The maximum Gasteiger partial charge on any atom is 0.295 e. The molecule has 1 aliphatic rings. The molecule has 1 unspecified atom stereocenters. The molecular weight excluding hydrogens is 497 g/mol. The van der Waals surface area contributed by atoms with Gasteiger partial charge in [-0.25, -0.2) is 0 Å². The van der Waals surface area contributed by atoms with E-state index in [-0.39, 0.29) is 17.9 Å². The number of hydrogen-bond acceptors (Lipinski definition) is 4. The fraction of sp³-hybridized carbons (Fsp3) is 0.241. The molecule has 1 aliphatic heterocycles. The van der Waals surface area contributed by atoms with Gasteiger partial charge in [0.1, 0.15) is 11.5 Å². The van der Waals surface area contributed by atoms with E-state index < -0.39 is 17.7 Å². The largest absolute Gasteiger partial charge is 0.507 e. The third-order valence-electron chi connectivity index (χ3n) is 6.16. The second-order valence-electron chi connectivity index (χ2n) is 8.63. The zero-order chi connectivity index (χ0) is 25.7. The first-order valence-electron chi connectivity index (χ1n) is 11.9. The Labute approximate surface area is 220 Å². The van der Waals surface area contributed by atoms with Crippen molar-refractivity contribution in [1.29, 1.82) is 0 Å². The fourth-order valence-corrected chi connectivity index (χ4v) is 4.56. The van der Waals surface area contributed by atoms with Gasteiger partial charge in [0.05, 0.1) is 28.3 Å². The zero-order valence-corrected chi connectivity index (χ0v) is 21.4. The number of unbranched alkanes of at least 4 members (excludes halogenated alkanes) is 1. The zero-order valence-electron chi connectivity index (χ0n) is 19.9. The van der Waals surface area contributed by atoms with Gasteiger partial charge in [-0.2, -0.15) is 0 Å². The number of carbonyl (C=O) groups excluding carboxylic acids is 2. The van der Waals surface area contributed by atoms with Gasteiger partial charge >= 0.3 is 0 Å². The molecular formula is C29H27Cl2NO4. The number of benzene rings is 3. The van der Waals surface area contributed by atoms with E-state index in [0.717, 1.165) is 18.4 Å². The third kappa shape index (κ3) is 5.58. The molecule has 1 heterocycles. The number of aliphatic hydroxyl groups excluding tert-OH is 1. The average molecular weight is 524 g/mol. The van der Waals surface area contributed by atoms with E-state index in [1.54, 1.807) is 42.5 Å². The molecule has 0 spiro atoms. The summed E-state index contributed by atoms with van der Waals surface area (Å²) in [5.41, 5.74) is 2.03. The first-order chi connectivity index (χ1) is 17.4. The van der Waals surface area contributed by atoms with Gasteiger partial charge in [0.15, 0.2) is 0 Å². The van der Waals surface area contributed by atoms with Crippen molar-refractivity contribution in [1.82, 2.24) is 4.90 Å². The third-order valence-corrected chi connectivity index (χ3v) is 6.90. The van der Waals surface area contributed by atoms with Gasteiger partial charge in [0.25, 0.3) is 11.7 Å². The van der Waals surface area contributed by atoms with Crippen LogP contribution < -0.4 is 4.74 Å².